The number of benzene rings is 2. The fraction of sp³-hybridized carbons (Fsp3) is 0.357. The quantitative estimate of drug-likeness (QED) is 0.166. The van der Waals surface area contributed by atoms with Crippen molar-refractivity contribution in [1.82, 2.24) is 25.1 Å². The van der Waals surface area contributed by atoms with E-state index in [1.165, 1.54) is 6.33 Å². The minimum absolute atomic E-state index is 0.0225. The van der Waals surface area contributed by atoms with E-state index in [0.29, 0.717) is 58.9 Å². The summed E-state index contributed by atoms with van der Waals surface area (Å²) in [6, 6.07) is 8.31. The normalized spacial score (nSPS) is 11.3. The number of anilines is 3. The molecule has 0 radical (unpaired) electrons. The van der Waals surface area contributed by atoms with Gasteiger partial charge in [-0.2, -0.15) is 5.10 Å². The van der Waals surface area contributed by atoms with E-state index in [9.17, 15) is 18.7 Å². The molecule has 2 aromatic heterocycles. The number of methoxy groups -OCH3 is 1. The van der Waals surface area contributed by atoms with Crippen LogP contribution in [0.5, 0.6) is 11.5 Å². The molecule has 0 saturated heterocycles. The second-order valence-electron chi connectivity index (χ2n) is 9.58. The maximum Gasteiger partial charge on any atom is 0.230 e. The number of aromatic amines is 1. The predicted octanol–water partition coefficient (Wildman–Crippen LogP) is 4.04. The molecule has 0 saturated carbocycles. The number of halogens is 2. The number of hydrogen-bond acceptors (Lipinski definition) is 9. The third-order valence-electron chi connectivity index (χ3n) is 6.26. The van der Waals surface area contributed by atoms with Gasteiger partial charge in [-0.05, 0) is 38.5 Å². The summed E-state index contributed by atoms with van der Waals surface area (Å²) in [5, 5.41) is 22.5. The van der Waals surface area contributed by atoms with Gasteiger partial charge in [-0.1, -0.05) is 0 Å². The van der Waals surface area contributed by atoms with Crippen LogP contribution in [0.2, 0.25) is 0 Å². The molecule has 0 aliphatic rings. The van der Waals surface area contributed by atoms with Crippen LogP contribution < -0.4 is 20.1 Å². The Morgan fingerprint density at radius 2 is 1.85 bits per heavy atom. The number of hydrogen-bond donors (Lipinski definition) is 4. The van der Waals surface area contributed by atoms with Crippen LogP contribution >= 0.6 is 0 Å². The standard InChI is InChI=1S/C28H33F2N7O4/c1-17(2)37(6-7-38)5-4-8-41-25-15-23-22(14-24(25)40-3)28(32-16-31-23)34-26-12-21(35-36-26)13-27(39)33-20-10-18(29)9-19(30)11-20/h9-12,14-17,38H,4-8,13H2,1-3H3,(H,33,39)(H2,31,32,34,35,36). The number of fused-ring (bicyclic) bond motifs is 1. The summed E-state index contributed by atoms with van der Waals surface area (Å²) in [4.78, 5) is 23.2. The molecule has 41 heavy (non-hydrogen) atoms. The molecule has 13 heteroatoms. The third-order valence-corrected chi connectivity index (χ3v) is 6.26. The number of aromatic nitrogens is 4. The van der Waals surface area contributed by atoms with Crippen molar-refractivity contribution in [1.29, 1.82) is 0 Å². The van der Waals surface area contributed by atoms with E-state index in [4.69, 9.17) is 9.47 Å². The second kappa shape index (κ2) is 13.8. The van der Waals surface area contributed by atoms with Crippen molar-refractivity contribution < 1.29 is 28.2 Å². The van der Waals surface area contributed by atoms with E-state index in [-0.39, 0.29) is 18.7 Å². The number of aliphatic hydroxyl groups is 1. The smallest absolute Gasteiger partial charge is 0.230 e. The van der Waals surface area contributed by atoms with Crippen LogP contribution in [0.4, 0.5) is 26.1 Å². The summed E-state index contributed by atoms with van der Waals surface area (Å²) in [6.07, 6.45) is 2.09. The first-order chi connectivity index (χ1) is 19.7. The molecule has 4 rings (SSSR count). The average Bonchev–Trinajstić information content (AvgIpc) is 3.35. The molecule has 0 spiro atoms. The lowest BCUT2D eigenvalue weighted by Crippen LogP contribution is -2.34. The first-order valence-corrected chi connectivity index (χ1v) is 13.1. The molecule has 218 valence electrons. The zero-order valence-electron chi connectivity index (χ0n) is 23.1. The van der Waals surface area contributed by atoms with Crippen molar-refractivity contribution in [2.45, 2.75) is 32.7 Å². The summed E-state index contributed by atoms with van der Waals surface area (Å²) >= 11 is 0. The molecule has 0 bridgehead atoms. The molecule has 0 atom stereocenters. The van der Waals surface area contributed by atoms with Gasteiger partial charge in [0.1, 0.15) is 23.8 Å². The van der Waals surface area contributed by atoms with E-state index in [1.54, 1.807) is 25.3 Å². The summed E-state index contributed by atoms with van der Waals surface area (Å²) in [5.41, 5.74) is 1.12. The van der Waals surface area contributed by atoms with Crippen molar-refractivity contribution in [3.05, 3.63) is 60.1 Å². The highest BCUT2D eigenvalue weighted by molar-refractivity contribution is 5.93. The molecule has 1 amide bonds. The van der Waals surface area contributed by atoms with Gasteiger partial charge in [0.2, 0.25) is 5.91 Å². The molecule has 0 aliphatic carbocycles. The molecular weight excluding hydrogens is 536 g/mol. The highest BCUT2D eigenvalue weighted by atomic mass is 19.1. The minimum atomic E-state index is -0.784. The van der Waals surface area contributed by atoms with Crippen molar-refractivity contribution in [2.75, 3.05) is 44.0 Å². The van der Waals surface area contributed by atoms with Crippen molar-refractivity contribution in [2.24, 2.45) is 0 Å². The van der Waals surface area contributed by atoms with Gasteiger partial charge in [0.25, 0.3) is 0 Å². The van der Waals surface area contributed by atoms with Gasteiger partial charge in [0, 0.05) is 54.1 Å². The van der Waals surface area contributed by atoms with Crippen LogP contribution in [0.3, 0.4) is 0 Å². The molecule has 2 aromatic carbocycles. The number of amides is 1. The van der Waals surface area contributed by atoms with E-state index in [1.807, 2.05) is 0 Å². The monoisotopic (exact) mass is 569 g/mol. The molecule has 2 heterocycles. The number of carbonyl (C=O) groups is 1. The number of H-pyrrole nitrogens is 1. The van der Waals surface area contributed by atoms with Crippen molar-refractivity contribution >= 4 is 34.1 Å². The number of nitrogens with zero attached hydrogens (tertiary/aromatic N) is 4. The largest absolute Gasteiger partial charge is 0.493 e. The van der Waals surface area contributed by atoms with Crippen LogP contribution in [0.1, 0.15) is 26.0 Å². The Morgan fingerprint density at radius 1 is 1.07 bits per heavy atom. The summed E-state index contributed by atoms with van der Waals surface area (Å²) in [7, 11) is 1.55. The predicted molar refractivity (Wildman–Crippen MR) is 151 cm³/mol. The SMILES string of the molecule is COc1cc2c(Nc3cc(CC(=O)Nc4cc(F)cc(F)c4)[nH]n3)ncnc2cc1OCCCN(CCO)C(C)C. The first kappa shape index (κ1) is 29.6. The number of carbonyl (C=O) groups excluding carboxylic acids is 1. The first-order valence-electron chi connectivity index (χ1n) is 13.1. The number of ether oxygens (including phenoxy) is 2. The Morgan fingerprint density at radius 3 is 2.56 bits per heavy atom. The Balaban J connectivity index is 1.41. The Bertz CT molecular complexity index is 1460. The lowest BCUT2D eigenvalue weighted by Gasteiger charge is -2.25. The second-order valence-corrected chi connectivity index (χ2v) is 9.58. The van der Waals surface area contributed by atoms with E-state index >= 15 is 0 Å². The van der Waals surface area contributed by atoms with Gasteiger partial charge < -0.3 is 25.2 Å². The van der Waals surface area contributed by atoms with Crippen LogP contribution in [0.25, 0.3) is 10.9 Å². The molecule has 0 unspecified atom stereocenters. The van der Waals surface area contributed by atoms with Gasteiger partial charge in [-0.15, -0.1) is 0 Å². The molecular formula is C28H33F2N7O4. The van der Waals surface area contributed by atoms with Gasteiger partial charge in [-0.3, -0.25) is 14.8 Å². The summed E-state index contributed by atoms with van der Waals surface area (Å²) < 4.78 is 38.3. The molecule has 11 nitrogen and oxygen atoms in total. The highest BCUT2D eigenvalue weighted by Gasteiger charge is 2.15. The van der Waals surface area contributed by atoms with Gasteiger partial charge in [-0.25, -0.2) is 18.7 Å². The van der Waals surface area contributed by atoms with Gasteiger partial charge in [0.05, 0.1) is 32.3 Å². The van der Waals surface area contributed by atoms with Gasteiger partial charge >= 0.3 is 0 Å². The van der Waals surface area contributed by atoms with Gasteiger partial charge in [0.15, 0.2) is 17.3 Å². The fourth-order valence-electron chi connectivity index (χ4n) is 4.28. The molecule has 0 fully saturated rings. The highest BCUT2D eigenvalue weighted by Crippen LogP contribution is 2.34. The van der Waals surface area contributed by atoms with E-state index in [2.05, 4.69) is 49.5 Å². The number of rotatable bonds is 14. The van der Waals surface area contributed by atoms with E-state index in [0.717, 1.165) is 31.2 Å². The summed E-state index contributed by atoms with van der Waals surface area (Å²) in [6.45, 7) is 6.16. The van der Waals surface area contributed by atoms with Crippen LogP contribution in [0, 0.1) is 11.6 Å². The Hall–Kier alpha value is -4.36. The minimum Gasteiger partial charge on any atom is -0.493 e. The average molecular weight is 570 g/mol. The lowest BCUT2D eigenvalue weighted by molar-refractivity contribution is -0.115. The van der Waals surface area contributed by atoms with Crippen LogP contribution in [-0.4, -0.2) is 75.5 Å². The molecule has 4 aromatic rings. The zero-order valence-corrected chi connectivity index (χ0v) is 23.1. The topological polar surface area (TPSA) is 138 Å². The fourth-order valence-corrected chi connectivity index (χ4v) is 4.28. The maximum absolute atomic E-state index is 13.4. The van der Waals surface area contributed by atoms with E-state index < -0.39 is 17.5 Å². The zero-order chi connectivity index (χ0) is 29.4. The molecule has 4 N–H and O–H groups in total. The summed E-state index contributed by atoms with van der Waals surface area (Å²) in [5.74, 6) is -0.106. The van der Waals surface area contributed by atoms with Crippen LogP contribution in [0.15, 0.2) is 42.7 Å². The number of nitrogens with one attached hydrogen (secondary N) is 3. The van der Waals surface area contributed by atoms with Crippen molar-refractivity contribution in [3.8, 4) is 11.5 Å². The molecule has 0 aliphatic heterocycles. The Labute approximate surface area is 235 Å². The lowest BCUT2D eigenvalue weighted by atomic mass is 10.2. The third kappa shape index (κ3) is 8.08. The van der Waals surface area contributed by atoms with Crippen molar-refractivity contribution in [3.63, 3.8) is 0 Å². The Kier molecular flexibility index (Phi) is 9.98. The number of aliphatic hydroxyl groups excluding tert-OH is 1. The van der Waals surface area contributed by atoms with Crippen LogP contribution in [-0.2, 0) is 11.2 Å². The maximum atomic E-state index is 13.4.